The lowest BCUT2D eigenvalue weighted by Crippen LogP contribution is -2.76. The predicted octanol–water partition coefficient (Wildman–Crippen LogP) is 2.93. The molecule has 7 saturated heterocycles. The Hall–Kier alpha value is -3.11. The van der Waals surface area contributed by atoms with Crippen molar-refractivity contribution in [2.75, 3.05) is 105 Å². The number of cyclic esters (lactones) is 1. The molecule has 7 fully saturated rings. The quantitative estimate of drug-likeness (QED) is 0.125. The topological polar surface area (TPSA) is 137 Å². The lowest BCUT2D eigenvalue weighted by atomic mass is 9.69. The van der Waals surface area contributed by atoms with Gasteiger partial charge >= 0.3 is 17.9 Å². The maximum absolute atomic E-state index is 13.9. The van der Waals surface area contributed by atoms with E-state index < -0.39 is 60.1 Å². The molecule has 14 heteroatoms. The van der Waals surface area contributed by atoms with Crippen LogP contribution in [0.4, 0.5) is 0 Å². The molecular weight excluding hydrogens is 767 g/mol. The standard InChI is InChI=1S/C46H71N5O9/c1-31-27-32(2)46-29-36(43(60-46)42(33(3)34(4)52)59-44(54)38-9-7-12-47-38)10-11-37(46)28-39(56-6)45(55)58-41(31)35(5)57-40(53)30-51-24-21-50(22-25-51,23-26-51)17-8-16-49-18-13-48(14-19-49)15-20-49/h7,9-12,27,31,33-37,39,41-43,52H,8,13-26,28-30H2,1-6H3/q+2/p+1/b32-27+/t31-,33-,34+,35-,36-,37-,39+,41+,42-,43-,46+,50?,51?/m1/s1. The molecule has 60 heavy (non-hydrogen) atoms. The number of nitrogens with one attached hydrogen (secondary N) is 1. The maximum Gasteiger partial charge on any atom is 0.362 e. The van der Waals surface area contributed by atoms with Gasteiger partial charge < -0.3 is 47.2 Å². The average Bonchev–Trinajstić information content (AvgIpc) is 3.90. The molecule has 8 aliphatic heterocycles. The molecule has 0 aromatic carbocycles. The molecule has 9 heterocycles. The largest absolute Gasteiger partial charge is 0.456 e. The number of aromatic amines is 1. The summed E-state index contributed by atoms with van der Waals surface area (Å²) in [5.41, 5.74) is 0.468. The minimum absolute atomic E-state index is 0.107. The van der Waals surface area contributed by atoms with E-state index in [-0.39, 0.29) is 23.7 Å². The van der Waals surface area contributed by atoms with Crippen LogP contribution in [-0.2, 0) is 33.3 Å². The summed E-state index contributed by atoms with van der Waals surface area (Å²) in [5.74, 6) is -2.36. The number of carbonyl (C=O) groups is 3. The number of aromatic nitrogens is 1. The van der Waals surface area contributed by atoms with E-state index in [0.717, 1.165) is 49.3 Å². The number of esters is 3. The van der Waals surface area contributed by atoms with E-state index in [4.69, 9.17) is 23.7 Å². The van der Waals surface area contributed by atoms with Gasteiger partial charge in [-0.1, -0.05) is 32.1 Å². The third kappa shape index (κ3) is 8.51. The van der Waals surface area contributed by atoms with Gasteiger partial charge in [0.1, 0.15) is 69.4 Å². The summed E-state index contributed by atoms with van der Waals surface area (Å²) in [4.78, 5) is 46.6. The van der Waals surface area contributed by atoms with Crippen molar-refractivity contribution in [3.63, 3.8) is 0 Å². The molecule has 1 aromatic rings. The molecule has 332 valence electrons. The Labute approximate surface area is 356 Å². The van der Waals surface area contributed by atoms with Crippen molar-refractivity contribution in [1.82, 2.24) is 9.88 Å². The number of carbonyl (C=O) groups excluding carboxylic acids is 3. The number of piperazine rings is 6. The van der Waals surface area contributed by atoms with Crippen molar-refractivity contribution < 1.29 is 56.6 Å². The minimum atomic E-state index is -0.884. The molecule has 9 aliphatic rings. The van der Waals surface area contributed by atoms with Gasteiger partial charge in [-0.2, -0.15) is 0 Å². The number of aliphatic hydroxyl groups excluding tert-OH is 1. The Morgan fingerprint density at radius 2 is 1.60 bits per heavy atom. The van der Waals surface area contributed by atoms with E-state index in [1.54, 1.807) is 25.3 Å². The van der Waals surface area contributed by atoms with Crippen LogP contribution < -0.4 is 0 Å². The predicted molar refractivity (Wildman–Crippen MR) is 223 cm³/mol. The third-order valence-electron chi connectivity index (χ3n) is 16.5. The lowest BCUT2D eigenvalue weighted by Gasteiger charge is -2.55. The molecule has 0 unspecified atom stereocenters. The van der Waals surface area contributed by atoms with Crippen molar-refractivity contribution in [3.8, 4) is 0 Å². The summed E-state index contributed by atoms with van der Waals surface area (Å²) in [7, 11) is 1.51. The summed E-state index contributed by atoms with van der Waals surface area (Å²) in [6, 6.07) is 3.40. The lowest BCUT2D eigenvalue weighted by molar-refractivity contribution is -1.08. The third-order valence-corrected chi connectivity index (χ3v) is 16.5. The number of rotatable bonds is 14. The zero-order valence-electron chi connectivity index (χ0n) is 37.0. The molecule has 1 aromatic heterocycles. The molecule has 2 N–H and O–H groups in total. The first kappa shape index (κ1) is 43.5. The highest BCUT2D eigenvalue weighted by Gasteiger charge is 2.58. The van der Waals surface area contributed by atoms with Gasteiger partial charge in [0.15, 0.2) is 12.6 Å². The highest BCUT2D eigenvalue weighted by Crippen LogP contribution is 2.53. The van der Waals surface area contributed by atoms with Gasteiger partial charge in [-0.25, -0.2) is 14.4 Å². The number of H-pyrrole nitrogens is 1. The second kappa shape index (κ2) is 17.2. The first-order chi connectivity index (χ1) is 28.7. The minimum Gasteiger partial charge on any atom is -0.456 e. The van der Waals surface area contributed by atoms with Crippen LogP contribution in [0.15, 0.2) is 42.1 Å². The number of nitrogens with zero attached hydrogens (tertiary/aromatic N) is 4. The maximum atomic E-state index is 13.9. The first-order valence-electron chi connectivity index (χ1n) is 23.0. The van der Waals surface area contributed by atoms with Crippen LogP contribution in [0, 0.1) is 23.7 Å². The van der Waals surface area contributed by atoms with Crippen molar-refractivity contribution >= 4 is 17.9 Å². The molecule has 10 rings (SSSR count). The van der Waals surface area contributed by atoms with Crippen molar-refractivity contribution in [2.45, 2.75) is 96.1 Å². The summed E-state index contributed by atoms with van der Waals surface area (Å²) < 4.78 is 34.8. The van der Waals surface area contributed by atoms with E-state index in [9.17, 15) is 19.5 Å². The molecule has 6 bridgehead atoms. The second-order valence-corrected chi connectivity index (χ2v) is 20.0. The monoisotopic (exact) mass is 839 g/mol. The van der Waals surface area contributed by atoms with Crippen LogP contribution in [0.2, 0.25) is 0 Å². The van der Waals surface area contributed by atoms with E-state index in [0.29, 0.717) is 25.1 Å². The van der Waals surface area contributed by atoms with E-state index >= 15 is 0 Å². The number of fused-ring (bicyclic) bond motifs is 7. The fraction of sp³-hybridized carbons (Fsp3) is 0.761. The highest BCUT2D eigenvalue weighted by atomic mass is 16.6. The smallest absolute Gasteiger partial charge is 0.362 e. The Kier molecular flexibility index (Phi) is 12.5. The number of hydrogen-bond acceptors (Lipinski definition) is 10. The first-order valence-corrected chi connectivity index (χ1v) is 23.0. The fourth-order valence-corrected chi connectivity index (χ4v) is 12.1. The van der Waals surface area contributed by atoms with Crippen LogP contribution in [0.1, 0.15) is 64.4 Å². The highest BCUT2D eigenvalue weighted by molar-refractivity contribution is 5.87. The fourth-order valence-electron chi connectivity index (χ4n) is 12.1. The number of quaternary nitrogens is 3. The van der Waals surface area contributed by atoms with Gasteiger partial charge in [0.25, 0.3) is 0 Å². The van der Waals surface area contributed by atoms with Crippen LogP contribution >= 0.6 is 0 Å². The zero-order valence-corrected chi connectivity index (χ0v) is 37.0. The summed E-state index contributed by atoms with van der Waals surface area (Å²) >= 11 is 0. The zero-order chi connectivity index (χ0) is 42.5. The van der Waals surface area contributed by atoms with Crippen LogP contribution in [-0.4, -0.2) is 194 Å². The van der Waals surface area contributed by atoms with Gasteiger partial charge in [0.05, 0.1) is 44.4 Å². The second-order valence-electron chi connectivity index (χ2n) is 20.0. The summed E-state index contributed by atoms with van der Waals surface area (Å²) in [6.45, 7) is 26.4. The van der Waals surface area contributed by atoms with Gasteiger partial charge in [-0.3, -0.25) is 4.90 Å². The Bertz CT molecular complexity index is 1740. The normalized spacial score (nSPS) is 41.3. The van der Waals surface area contributed by atoms with Crippen LogP contribution in [0.3, 0.4) is 0 Å². The van der Waals surface area contributed by atoms with Gasteiger partial charge in [-0.05, 0) is 51.3 Å². The van der Waals surface area contributed by atoms with Crippen molar-refractivity contribution in [1.29, 1.82) is 0 Å². The Morgan fingerprint density at radius 3 is 2.22 bits per heavy atom. The van der Waals surface area contributed by atoms with Crippen LogP contribution in [0.25, 0.3) is 0 Å². The molecule has 0 radical (unpaired) electrons. The number of hydrogen-bond donors (Lipinski definition) is 2. The summed E-state index contributed by atoms with van der Waals surface area (Å²) in [6.07, 6.45) is 5.79. The molecule has 0 saturated carbocycles. The molecule has 0 amide bonds. The van der Waals surface area contributed by atoms with E-state index in [1.807, 2.05) is 20.8 Å². The number of ether oxygens (including phenoxy) is 5. The van der Waals surface area contributed by atoms with E-state index in [1.165, 1.54) is 74.9 Å². The molecular formula is C46H72N5O9+3. The van der Waals surface area contributed by atoms with Gasteiger partial charge in [0.2, 0.25) is 0 Å². The van der Waals surface area contributed by atoms with E-state index in [2.05, 4.69) is 35.0 Å². The number of methoxy groups -OCH3 is 1. The van der Waals surface area contributed by atoms with Gasteiger partial charge in [-0.15, -0.1) is 0 Å². The van der Waals surface area contributed by atoms with Crippen molar-refractivity contribution in [2.24, 2.45) is 23.7 Å². The average molecular weight is 839 g/mol. The molecule has 1 spiro atoms. The Morgan fingerprint density at radius 1 is 0.950 bits per heavy atom. The molecule has 14 nitrogen and oxygen atoms in total. The Balaban J connectivity index is 0.932. The van der Waals surface area contributed by atoms with Gasteiger partial charge in [0, 0.05) is 63.0 Å². The number of aliphatic hydroxyl groups is 1. The summed E-state index contributed by atoms with van der Waals surface area (Å²) in [5, 5.41) is 10.8. The van der Waals surface area contributed by atoms with Crippen LogP contribution in [0.5, 0.6) is 0 Å². The molecule has 1 aliphatic carbocycles. The van der Waals surface area contributed by atoms with Crippen molar-refractivity contribution in [3.05, 3.63) is 47.8 Å². The molecule has 11 atom stereocenters. The SMILES string of the molecule is CO[C@H]1C[C@H]2C=C[C@@H]3C[C@]2(O[C@H]3[C@H](OC(=O)c2ccc[nH]2)[C@H](C)[C@H](C)O)/C(C)=C/[C@@H](C)[C@@H]([C@@H](C)OC(=O)C[N+]23CC[N+](CCC[N+]45CCN(CC4)CC5)(CC2)CC3)OC1=O.